The number of piperazine rings is 1. The second-order valence-corrected chi connectivity index (χ2v) is 6.77. The van der Waals surface area contributed by atoms with Crippen LogP contribution < -0.4 is 5.32 Å². The molecule has 0 saturated carbocycles. The molecule has 0 unspecified atom stereocenters. The monoisotopic (exact) mass is 351 g/mol. The summed E-state index contributed by atoms with van der Waals surface area (Å²) >= 11 is 0. The Bertz CT molecular complexity index is 781. The minimum atomic E-state index is -0.113. The second-order valence-electron chi connectivity index (χ2n) is 6.77. The standard InChI is InChI=1S/C21H25N3O2/c1-16-8-9-17(2)18(14-16)15-20(25)23-10-12-24(13-11-23)21(26)22-19-6-4-3-5-7-19/h3-9,14H,10-13,15H2,1-2H3,(H,22,26). The summed E-state index contributed by atoms with van der Waals surface area (Å²) in [5.74, 6) is 0.127. The molecular formula is C21H25N3O2. The number of hydrogen-bond donors (Lipinski definition) is 1. The molecule has 5 nitrogen and oxygen atoms in total. The molecule has 1 aliphatic heterocycles. The molecule has 2 aromatic carbocycles. The van der Waals surface area contributed by atoms with Crippen LogP contribution in [-0.2, 0) is 11.2 Å². The van der Waals surface area contributed by atoms with Crippen molar-refractivity contribution < 1.29 is 9.59 Å². The van der Waals surface area contributed by atoms with E-state index in [-0.39, 0.29) is 11.9 Å². The molecule has 1 aliphatic rings. The van der Waals surface area contributed by atoms with Crippen LogP contribution in [-0.4, -0.2) is 47.9 Å². The van der Waals surface area contributed by atoms with Gasteiger partial charge in [0.1, 0.15) is 0 Å². The fourth-order valence-corrected chi connectivity index (χ4v) is 3.15. The van der Waals surface area contributed by atoms with Gasteiger partial charge in [0.2, 0.25) is 5.91 Å². The first-order valence-corrected chi connectivity index (χ1v) is 8.98. The molecule has 3 amide bonds. The number of nitrogens with one attached hydrogen (secondary N) is 1. The van der Waals surface area contributed by atoms with Gasteiger partial charge in [-0.05, 0) is 37.1 Å². The van der Waals surface area contributed by atoms with Gasteiger partial charge in [0.05, 0.1) is 6.42 Å². The Morgan fingerprint density at radius 2 is 1.58 bits per heavy atom. The molecule has 0 radical (unpaired) electrons. The lowest BCUT2D eigenvalue weighted by Crippen LogP contribution is -2.52. The van der Waals surface area contributed by atoms with Crippen LogP contribution in [0.5, 0.6) is 0 Å². The van der Waals surface area contributed by atoms with E-state index in [1.54, 1.807) is 4.90 Å². The number of carbonyl (C=O) groups excluding carboxylic acids is 2. The molecule has 5 heteroatoms. The lowest BCUT2D eigenvalue weighted by Gasteiger charge is -2.35. The third-order valence-corrected chi connectivity index (χ3v) is 4.79. The van der Waals surface area contributed by atoms with Crippen molar-refractivity contribution in [1.82, 2.24) is 9.80 Å². The van der Waals surface area contributed by atoms with Crippen molar-refractivity contribution in [2.75, 3.05) is 31.5 Å². The fraction of sp³-hybridized carbons (Fsp3) is 0.333. The second kappa shape index (κ2) is 8.04. The molecule has 2 aromatic rings. The van der Waals surface area contributed by atoms with E-state index in [0.717, 1.165) is 16.8 Å². The van der Waals surface area contributed by atoms with Gasteiger partial charge in [-0.1, -0.05) is 42.0 Å². The largest absolute Gasteiger partial charge is 0.339 e. The molecule has 1 heterocycles. The number of hydrogen-bond acceptors (Lipinski definition) is 2. The van der Waals surface area contributed by atoms with E-state index in [9.17, 15) is 9.59 Å². The van der Waals surface area contributed by atoms with Crippen molar-refractivity contribution in [3.8, 4) is 0 Å². The molecule has 1 fully saturated rings. The summed E-state index contributed by atoms with van der Waals surface area (Å²) < 4.78 is 0. The molecule has 0 bridgehead atoms. The number of amides is 3. The highest BCUT2D eigenvalue weighted by Crippen LogP contribution is 2.14. The Morgan fingerprint density at radius 1 is 0.923 bits per heavy atom. The van der Waals surface area contributed by atoms with Crippen molar-refractivity contribution in [3.05, 3.63) is 65.2 Å². The van der Waals surface area contributed by atoms with E-state index in [1.807, 2.05) is 49.1 Å². The smallest absolute Gasteiger partial charge is 0.321 e. The van der Waals surface area contributed by atoms with Gasteiger partial charge < -0.3 is 15.1 Å². The van der Waals surface area contributed by atoms with Gasteiger partial charge in [-0.15, -0.1) is 0 Å². The number of rotatable bonds is 3. The normalized spacial score (nSPS) is 14.2. The molecular weight excluding hydrogens is 326 g/mol. The quantitative estimate of drug-likeness (QED) is 0.923. The highest BCUT2D eigenvalue weighted by atomic mass is 16.2. The summed E-state index contributed by atoms with van der Waals surface area (Å²) in [6.45, 7) is 6.33. The summed E-state index contributed by atoms with van der Waals surface area (Å²) in [5, 5.41) is 2.89. The molecule has 136 valence electrons. The number of nitrogens with zero attached hydrogens (tertiary/aromatic N) is 2. The maximum atomic E-state index is 12.6. The highest BCUT2D eigenvalue weighted by molar-refractivity contribution is 5.89. The highest BCUT2D eigenvalue weighted by Gasteiger charge is 2.24. The lowest BCUT2D eigenvalue weighted by atomic mass is 10.0. The van der Waals surface area contributed by atoms with E-state index in [1.165, 1.54) is 5.56 Å². The minimum absolute atomic E-state index is 0.113. The van der Waals surface area contributed by atoms with Gasteiger partial charge >= 0.3 is 6.03 Å². The fourth-order valence-electron chi connectivity index (χ4n) is 3.15. The van der Waals surface area contributed by atoms with Gasteiger partial charge in [-0.25, -0.2) is 4.79 Å². The van der Waals surface area contributed by atoms with Crippen molar-refractivity contribution in [2.24, 2.45) is 0 Å². The van der Waals surface area contributed by atoms with Crippen LogP contribution >= 0.6 is 0 Å². The topological polar surface area (TPSA) is 52.7 Å². The predicted molar refractivity (Wildman–Crippen MR) is 103 cm³/mol. The Balaban J connectivity index is 1.52. The molecule has 26 heavy (non-hydrogen) atoms. The average molecular weight is 351 g/mol. The predicted octanol–water partition coefficient (Wildman–Crippen LogP) is 3.22. The van der Waals surface area contributed by atoms with Gasteiger partial charge in [0, 0.05) is 31.9 Å². The Morgan fingerprint density at radius 3 is 2.27 bits per heavy atom. The first-order valence-electron chi connectivity index (χ1n) is 8.98. The summed E-state index contributed by atoms with van der Waals surface area (Å²) in [7, 11) is 0. The van der Waals surface area contributed by atoms with Crippen LogP contribution in [0.3, 0.4) is 0 Å². The zero-order chi connectivity index (χ0) is 18.5. The Kier molecular flexibility index (Phi) is 5.56. The maximum Gasteiger partial charge on any atom is 0.321 e. The van der Waals surface area contributed by atoms with Gasteiger partial charge in [0.25, 0.3) is 0 Å². The zero-order valence-corrected chi connectivity index (χ0v) is 15.4. The Hall–Kier alpha value is -2.82. The first-order chi connectivity index (χ1) is 12.5. The van der Waals surface area contributed by atoms with Crippen molar-refractivity contribution in [3.63, 3.8) is 0 Å². The van der Waals surface area contributed by atoms with Gasteiger partial charge in [-0.3, -0.25) is 4.79 Å². The number of para-hydroxylation sites is 1. The summed E-state index contributed by atoms with van der Waals surface area (Å²) in [4.78, 5) is 28.5. The first kappa shape index (κ1) is 18.0. The summed E-state index contributed by atoms with van der Waals surface area (Å²) in [5.41, 5.74) is 4.18. The lowest BCUT2D eigenvalue weighted by molar-refractivity contribution is -0.131. The van der Waals surface area contributed by atoms with Crippen LogP contribution in [0.15, 0.2) is 48.5 Å². The maximum absolute atomic E-state index is 12.6. The molecule has 0 aliphatic carbocycles. The van der Waals surface area contributed by atoms with Crippen LogP contribution in [0.2, 0.25) is 0 Å². The third-order valence-electron chi connectivity index (χ3n) is 4.79. The van der Waals surface area contributed by atoms with Crippen molar-refractivity contribution >= 4 is 17.6 Å². The number of carbonyl (C=O) groups is 2. The van der Waals surface area contributed by atoms with Gasteiger partial charge in [0.15, 0.2) is 0 Å². The molecule has 0 spiro atoms. The molecule has 1 saturated heterocycles. The molecule has 3 rings (SSSR count). The van der Waals surface area contributed by atoms with Gasteiger partial charge in [-0.2, -0.15) is 0 Å². The van der Waals surface area contributed by atoms with E-state index in [4.69, 9.17) is 0 Å². The van der Waals surface area contributed by atoms with Crippen molar-refractivity contribution in [2.45, 2.75) is 20.3 Å². The third kappa shape index (κ3) is 4.42. The summed E-state index contributed by atoms with van der Waals surface area (Å²) in [6.07, 6.45) is 0.420. The van der Waals surface area contributed by atoms with Crippen LogP contribution in [0.25, 0.3) is 0 Å². The SMILES string of the molecule is Cc1ccc(C)c(CC(=O)N2CCN(C(=O)Nc3ccccc3)CC2)c1. The number of anilines is 1. The molecule has 1 N–H and O–H groups in total. The molecule has 0 aromatic heterocycles. The van der Waals surface area contributed by atoms with E-state index >= 15 is 0 Å². The summed E-state index contributed by atoms with van der Waals surface area (Å²) in [6, 6.07) is 15.5. The molecule has 0 atom stereocenters. The van der Waals surface area contributed by atoms with E-state index in [2.05, 4.69) is 23.5 Å². The number of urea groups is 1. The number of aryl methyl sites for hydroxylation is 2. The Labute approximate surface area is 154 Å². The van der Waals surface area contributed by atoms with Crippen LogP contribution in [0.4, 0.5) is 10.5 Å². The zero-order valence-electron chi connectivity index (χ0n) is 15.4. The van der Waals surface area contributed by atoms with Crippen LogP contribution in [0.1, 0.15) is 16.7 Å². The van der Waals surface area contributed by atoms with Crippen LogP contribution in [0, 0.1) is 13.8 Å². The van der Waals surface area contributed by atoms with E-state index in [0.29, 0.717) is 32.6 Å². The average Bonchev–Trinajstić information content (AvgIpc) is 2.65. The van der Waals surface area contributed by atoms with E-state index < -0.39 is 0 Å². The number of benzene rings is 2. The minimum Gasteiger partial charge on any atom is -0.339 e. The van der Waals surface area contributed by atoms with Crippen molar-refractivity contribution in [1.29, 1.82) is 0 Å².